The quantitative estimate of drug-likeness (QED) is 0.407. The van der Waals surface area contributed by atoms with E-state index >= 15 is 0 Å². The Balaban J connectivity index is 1.69. The molecule has 0 aromatic heterocycles. The lowest BCUT2D eigenvalue weighted by Gasteiger charge is -2.15. The molecule has 3 aromatic rings. The van der Waals surface area contributed by atoms with E-state index in [1.807, 2.05) is 6.07 Å². The van der Waals surface area contributed by atoms with E-state index in [0.29, 0.717) is 24.2 Å². The van der Waals surface area contributed by atoms with Crippen molar-refractivity contribution in [1.29, 1.82) is 0 Å². The smallest absolute Gasteiger partial charge is 0.253 e. The molecule has 0 atom stereocenters. The van der Waals surface area contributed by atoms with Gasteiger partial charge in [0, 0.05) is 12.2 Å². The number of hydrogen-bond acceptors (Lipinski definition) is 6. The van der Waals surface area contributed by atoms with Crippen LogP contribution in [-0.2, 0) is 6.42 Å². The molecular formula is C19H18N2O4. The highest BCUT2D eigenvalue weighted by molar-refractivity contribution is 5.79. The number of nitrogens with one attached hydrogen (secondary N) is 2. The Labute approximate surface area is 144 Å². The van der Waals surface area contributed by atoms with Crippen LogP contribution in [-0.4, -0.2) is 16.8 Å². The van der Waals surface area contributed by atoms with Gasteiger partial charge in [-0.15, -0.1) is 0 Å². The minimum atomic E-state index is -0.564. The largest absolute Gasteiger partial charge is 0.508 e. The average molecular weight is 338 g/mol. The molecule has 3 rings (SSSR count). The monoisotopic (exact) mass is 338 g/mol. The summed E-state index contributed by atoms with van der Waals surface area (Å²) in [5, 5.41) is 24.9. The van der Waals surface area contributed by atoms with Gasteiger partial charge in [0.1, 0.15) is 22.9 Å². The Kier molecular flexibility index (Phi) is 4.43. The molecule has 0 saturated carbocycles. The molecule has 0 bridgehead atoms. The van der Waals surface area contributed by atoms with E-state index in [2.05, 4.69) is 10.6 Å². The highest BCUT2D eigenvalue weighted by Crippen LogP contribution is 2.25. The van der Waals surface area contributed by atoms with Crippen LogP contribution in [0.15, 0.2) is 52.1 Å². The maximum atomic E-state index is 11.8. The Morgan fingerprint density at radius 3 is 2.44 bits per heavy atom. The molecule has 0 unspecified atom stereocenters. The van der Waals surface area contributed by atoms with Gasteiger partial charge in [-0.05, 0) is 54.8 Å². The number of aromatic hydroxyl groups is 2. The maximum absolute atomic E-state index is 11.8. The van der Waals surface area contributed by atoms with Gasteiger partial charge in [-0.25, -0.2) is 0 Å². The van der Waals surface area contributed by atoms with E-state index in [1.165, 1.54) is 6.07 Å². The first-order valence-corrected chi connectivity index (χ1v) is 7.87. The van der Waals surface area contributed by atoms with Gasteiger partial charge in [-0.3, -0.25) is 9.59 Å². The fourth-order valence-electron chi connectivity index (χ4n) is 2.60. The second-order valence-corrected chi connectivity index (χ2v) is 5.88. The van der Waals surface area contributed by atoms with Crippen molar-refractivity contribution in [1.82, 2.24) is 0 Å². The number of phenolic OH excluding ortho intramolecular Hbond substituents is 2. The molecule has 4 N–H and O–H groups in total. The molecule has 0 spiro atoms. The Morgan fingerprint density at radius 2 is 1.72 bits per heavy atom. The lowest BCUT2D eigenvalue weighted by atomic mass is 10.1. The predicted octanol–water partition coefficient (Wildman–Crippen LogP) is 2.40. The lowest BCUT2D eigenvalue weighted by Crippen LogP contribution is -2.37. The SMILES string of the molecule is Cc1cc(Nc2c(NCCc3cccc(O)c3)c(=O)c2=O)ccc1O. The fraction of sp³-hybridized carbons (Fsp3) is 0.158. The van der Waals surface area contributed by atoms with Crippen molar-refractivity contribution in [3.8, 4) is 11.5 Å². The van der Waals surface area contributed by atoms with Gasteiger partial charge in [0.25, 0.3) is 10.9 Å². The minimum Gasteiger partial charge on any atom is -0.508 e. The van der Waals surface area contributed by atoms with Crippen LogP contribution >= 0.6 is 0 Å². The van der Waals surface area contributed by atoms with Crippen LogP contribution in [0, 0.1) is 6.92 Å². The molecule has 0 radical (unpaired) electrons. The molecule has 0 fully saturated rings. The molecule has 0 aliphatic rings. The highest BCUT2D eigenvalue weighted by Gasteiger charge is 2.20. The summed E-state index contributed by atoms with van der Waals surface area (Å²) >= 11 is 0. The van der Waals surface area contributed by atoms with Crippen LogP contribution in [0.1, 0.15) is 11.1 Å². The Hall–Kier alpha value is -3.28. The molecule has 0 amide bonds. The van der Waals surface area contributed by atoms with E-state index in [0.717, 1.165) is 5.56 Å². The first-order valence-electron chi connectivity index (χ1n) is 7.87. The van der Waals surface area contributed by atoms with Gasteiger partial charge in [0.15, 0.2) is 0 Å². The third-order valence-electron chi connectivity index (χ3n) is 4.00. The van der Waals surface area contributed by atoms with E-state index in [-0.39, 0.29) is 22.9 Å². The zero-order valence-electron chi connectivity index (χ0n) is 13.7. The molecule has 6 heteroatoms. The van der Waals surface area contributed by atoms with Gasteiger partial charge in [-0.1, -0.05) is 12.1 Å². The molecule has 0 saturated heterocycles. The second kappa shape index (κ2) is 6.68. The van der Waals surface area contributed by atoms with Gasteiger partial charge in [-0.2, -0.15) is 0 Å². The van der Waals surface area contributed by atoms with Crippen LogP contribution in [0.5, 0.6) is 11.5 Å². The summed E-state index contributed by atoms with van der Waals surface area (Å²) in [7, 11) is 0. The predicted molar refractivity (Wildman–Crippen MR) is 97.8 cm³/mol. The van der Waals surface area contributed by atoms with E-state index in [4.69, 9.17) is 0 Å². The average Bonchev–Trinajstić information content (AvgIpc) is 2.60. The van der Waals surface area contributed by atoms with Crippen molar-refractivity contribution >= 4 is 17.1 Å². The molecule has 25 heavy (non-hydrogen) atoms. The van der Waals surface area contributed by atoms with Crippen molar-refractivity contribution in [2.75, 3.05) is 17.2 Å². The molecule has 0 aliphatic heterocycles. The zero-order chi connectivity index (χ0) is 18.0. The molecule has 3 aromatic carbocycles. The fourth-order valence-corrected chi connectivity index (χ4v) is 2.60. The first kappa shape index (κ1) is 16.6. The third-order valence-corrected chi connectivity index (χ3v) is 4.00. The van der Waals surface area contributed by atoms with Crippen LogP contribution in [0.2, 0.25) is 0 Å². The topological polar surface area (TPSA) is 98.7 Å². The standard InChI is InChI=1S/C19H18N2O4/c1-11-9-13(5-6-15(11)23)21-17-16(18(24)19(17)25)20-8-7-12-3-2-4-14(22)10-12/h2-6,9-10,20-23H,7-8H2,1H3. The summed E-state index contributed by atoms with van der Waals surface area (Å²) in [6.07, 6.45) is 0.602. The summed E-state index contributed by atoms with van der Waals surface area (Å²) in [4.78, 5) is 23.6. The summed E-state index contributed by atoms with van der Waals surface area (Å²) in [5.74, 6) is 0.358. The van der Waals surface area contributed by atoms with Crippen LogP contribution in [0.25, 0.3) is 0 Å². The maximum Gasteiger partial charge on any atom is 0.253 e. The number of benzene rings is 2. The molecule has 128 valence electrons. The third kappa shape index (κ3) is 3.47. The minimum absolute atomic E-state index is 0.167. The molecule has 6 nitrogen and oxygen atoms in total. The van der Waals surface area contributed by atoms with Gasteiger partial charge >= 0.3 is 0 Å². The van der Waals surface area contributed by atoms with Crippen molar-refractivity contribution in [2.24, 2.45) is 0 Å². The van der Waals surface area contributed by atoms with Crippen LogP contribution < -0.4 is 21.5 Å². The molecule has 0 heterocycles. The number of aryl methyl sites for hydroxylation is 1. The summed E-state index contributed by atoms with van der Waals surface area (Å²) < 4.78 is 0. The highest BCUT2D eigenvalue weighted by atomic mass is 16.3. The summed E-state index contributed by atoms with van der Waals surface area (Å²) in [6.45, 7) is 2.20. The van der Waals surface area contributed by atoms with Crippen LogP contribution in [0.3, 0.4) is 0 Å². The summed E-state index contributed by atoms with van der Waals surface area (Å²) in [5.41, 5.74) is 1.59. The molecular weight excluding hydrogens is 320 g/mol. The van der Waals surface area contributed by atoms with Crippen LogP contribution in [0.4, 0.5) is 17.1 Å². The van der Waals surface area contributed by atoms with Gasteiger partial charge in [0.2, 0.25) is 0 Å². The van der Waals surface area contributed by atoms with E-state index < -0.39 is 10.9 Å². The lowest BCUT2D eigenvalue weighted by molar-refractivity contribution is 0.471. The van der Waals surface area contributed by atoms with E-state index in [1.54, 1.807) is 37.3 Å². The Bertz CT molecular complexity index is 988. The van der Waals surface area contributed by atoms with Crippen molar-refractivity contribution in [3.05, 3.63) is 74.0 Å². The van der Waals surface area contributed by atoms with E-state index in [9.17, 15) is 19.8 Å². The van der Waals surface area contributed by atoms with Crippen molar-refractivity contribution in [3.63, 3.8) is 0 Å². The van der Waals surface area contributed by atoms with Crippen molar-refractivity contribution in [2.45, 2.75) is 13.3 Å². The zero-order valence-corrected chi connectivity index (χ0v) is 13.7. The normalized spacial score (nSPS) is 10.8. The van der Waals surface area contributed by atoms with Crippen molar-refractivity contribution < 1.29 is 10.2 Å². The van der Waals surface area contributed by atoms with Gasteiger partial charge < -0.3 is 20.8 Å². The Morgan fingerprint density at radius 1 is 0.960 bits per heavy atom. The number of hydrogen-bond donors (Lipinski definition) is 4. The second-order valence-electron chi connectivity index (χ2n) is 5.88. The van der Waals surface area contributed by atoms with Gasteiger partial charge in [0.05, 0.1) is 0 Å². The number of rotatable bonds is 6. The summed E-state index contributed by atoms with van der Waals surface area (Å²) in [6, 6.07) is 11.7. The molecule has 0 aliphatic carbocycles. The number of phenols is 2. The first-order chi connectivity index (χ1) is 12.0. The number of anilines is 3.